The number of halogens is 6. The van der Waals surface area contributed by atoms with Gasteiger partial charge in [0.05, 0.1) is 24.4 Å². The minimum absolute atomic E-state index is 0.0291. The first-order chi connectivity index (χ1) is 16.5. The molecule has 36 heavy (non-hydrogen) atoms. The summed E-state index contributed by atoms with van der Waals surface area (Å²) in [6.07, 6.45) is -7.86. The zero-order valence-corrected chi connectivity index (χ0v) is 20.4. The van der Waals surface area contributed by atoms with Crippen molar-refractivity contribution in [2.75, 3.05) is 6.26 Å². The van der Waals surface area contributed by atoms with E-state index in [2.05, 4.69) is 0 Å². The molecule has 0 bridgehead atoms. The second-order valence-electron chi connectivity index (χ2n) is 6.79. The first-order valence-electron chi connectivity index (χ1n) is 9.33. The van der Waals surface area contributed by atoms with Crippen LogP contribution in [0.25, 0.3) is 11.1 Å². The van der Waals surface area contributed by atoms with Crippen LogP contribution in [0.4, 0.5) is 26.3 Å². The number of hydrogen-bond donors (Lipinski definition) is 3. The standard InChI is InChI=1S/C19H15F3N2O2S3.C2HF3O2/c1-27-18-16(10-15(28-18)17(23)24)29(25,26)14-7-3-5-12(9-14)11-4-2-6-13(8-11)19(20,21)22;3-2(4,5)1(6)7/h2-10H,1H3,(H3,23,24);(H,6,7). The van der Waals surface area contributed by atoms with Crippen LogP contribution in [0.15, 0.2) is 68.6 Å². The van der Waals surface area contributed by atoms with E-state index in [1.54, 1.807) is 12.3 Å². The lowest BCUT2D eigenvalue weighted by Crippen LogP contribution is -2.21. The Morgan fingerprint density at radius 3 is 2.00 bits per heavy atom. The quantitative estimate of drug-likeness (QED) is 0.152. The Kier molecular flexibility index (Phi) is 8.86. The number of nitrogens with two attached hydrogens (primary N) is 1. The fourth-order valence-corrected chi connectivity index (χ4v) is 6.57. The summed E-state index contributed by atoms with van der Waals surface area (Å²) in [5.41, 5.74) is 5.28. The monoisotopic (exact) mass is 570 g/mol. The summed E-state index contributed by atoms with van der Waals surface area (Å²) in [4.78, 5) is 9.21. The van der Waals surface area contributed by atoms with Gasteiger partial charge in [-0.05, 0) is 47.7 Å². The molecule has 4 N–H and O–H groups in total. The number of nitrogens with one attached hydrogen (secondary N) is 1. The van der Waals surface area contributed by atoms with Gasteiger partial charge < -0.3 is 10.8 Å². The minimum atomic E-state index is -5.08. The molecule has 0 amide bonds. The number of sulfone groups is 1. The number of hydrogen-bond acceptors (Lipinski definition) is 6. The summed E-state index contributed by atoms with van der Waals surface area (Å²) in [5, 5.41) is 14.7. The maximum Gasteiger partial charge on any atom is 0.490 e. The lowest BCUT2D eigenvalue weighted by molar-refractivity contribution is -0.192. The Balaban J connectivity index is 0.000000572. The SMILES string of the molecule is CSc1sc(C(=N)N)cc1S(=O)(=O)c1cccc(-c2cccc(C(F)(F)F)c2)c1.O=C(O)C(F)(F)F. The van der Waals surface area contributed by atoms with E-state index in [-0.39, 0.29) is 21.2 Å². The molecule has 0 aliphatic heterocycles. The molecule has 0 aliphatic carbocycles. The van der Waals surface area contributed by atoms with Gasteiger partial charge in [-0.3, -0.25) is 5.41 Å². The van der Waals surface area contributed by atoms with E-state index in [1.807, 2.05) is 0 Å². The Morgan fingerprint density at radius 2 is 1.53 bits per heavy atom. The number of carboxylic acid groups (broad SMARTS) is 1. The Labute approximate surface area is 209 Å². The Morgan fingerprint density at radius 1 is 1.00 bits per heavy atom. The predicted molar refractivity (Wildman–Crippen MR) is 123 cm³/mol. The van der Waals surface area contributed by atoms with E-state index in [1.165, 1.54) is 48.2 Å². The smallest absolute Gasteiger partial charge is 0.475 e. The van der Waals surface area contributed by atoms with E-state index in [4.69, 9.17) is 21.0 Å². The van der Waals surface area contributed by atoms with Crippen LogP contribution in [0.5, 0.6) is 0 Å². The fraction of sp³-hybridized carbons (Fsp3) is 0.143. The molecule has 0 unspecified atom stereocenters. The van der Waals surface area contributed by atoms with E-state index in [0.717, 1.165) is 23.5 Å². The summed E-state index contributed by atoms with van der Waals surface area (Å²) in [6, 6.07) is 11.8. The highest BCUT2D eigenvalue weighted by molar-refractivity contribution is 8.01. The van der Waals surface area contributed by atoms with Gasteiger partial charge in [0.15, 0.2) is 0 Å². The first-order valence-corrected chi connectivity index (χ1v) is 12.9. The summed E-state index contributed by atoms with van der Waals surface area (Å²) >= 11 is 2.33. The Hall–Kier alpha value is -3.04. The van der Waals surface area contributed by atoms with Crippen LogP contribution >= 0.6 is 23.1 Å². The number of thiophene rings is 1. The number of thioether (sulfide) groups is 1. The van der Waals surface area contributed by atoms with Crippen LogP contribution in [-0.2, 0) is 20.8 Å². The van der Waals surface area contributed by atoms with Gasteiger partial charge in [-0.2, -0.15) is 26.3 Å². The van der Waals surface area contributed by atoms with Crippen molar-refractivity contribution in [2.45, 2.75) is 26.4 Å². The van der Waals surface area contributed by atoms with Gasteiger partial charge in [0.1, 0.15) is 5.84 Å². The number of carboxylic acids is 1. The predicted octanol–water partition coefficient (Wildman–Crippen LogP) is 5.91. The third-order valence-electron chi connectivity index (χ3n) is 4.32. The summed E-state index contributed by atoms with van der Waals surface area (Å²) in [5.74, 6) is -2.99. The Bertz CT molecular complexity index is 1380. The second-order valence-corrected chi connectivity index (χ2v) is 10.8. The molecular formula is C21H16F6N2O4S3. The largest absolute Gasteiger partial charge is 0.490 e. The first kappa shape index (κ1) is 29.2. The lowest BCUT2D eigenvalue weighted by Gasteiger charge is -2.10. The molecule has 0 saturated heterocycles. The highest BCUT2D eigenvalue weighted by Gasteiger charge is 2.38. The molecule has 0 aliphatic rings. The molecule has 6 nitrogen and oxygen atoms in total. The summed E-state index contributed by atoms with van der Waals surface area (Å²) in [6.45, 7) is 0. The van der Waals surface area contributed by atoms with Gasteiger partial charge in [0, 0.05) is 0 Å². The van der Waals surface area contributed by atoms with Crippen molar-refractivity contribution in [3.05, 3.63) is 65.0 Å². The van der Waals surface area contributed by atoms with E-state index < -0.39 is 33.7 Å². The molecule has 0 atom stereocenters. The van der Waals surface area contributed by atoms with Gasteiger partial charge in [-0.25, -0.2) is 13.2 Å². The van der Waals surface area contributed by atoms with Gasteiger partial charge in [-0.15, -0.1) is 23.1 Å². The third-order valence-corrected chi connectivity index (χ3v) is 8.65. The maximum absolute atomic E-state index is 13.2. The second kappa shape index (κ2) is 10.9. The average Bonchev–Trinajstić information content (AvgIpc) is 3.24. The highest BCUT2D eigenvalue weighted by Crippen LogP contribution is 2.38. The molecule has 0 radical (unpaired) electrons. The van der Waals surface area contributed by atoms with Crippen LogP contribution in [0.1, 0.15) is 10.4 Å². The molecule has 0 spiro atoms. The molecule has 15 heteroatoms. The molecule has 1 aromatic heterocycles. The van der Waals surface area contributed by atoms with Crippen LogP contribution in [0.3, 0.4) is 0 Å². The van der Waals surface area contributed by atoms with Crippen LogP contribution in [-0.4, -0.2) is 37.8 Å². The number of nitrogen functional groups attached to an aromatic ring is 1. The molecule has 3 aromatic rings. The number of carbonyl (C=O) groups is 1. The van der Waals surface area contributed by atoms with Gasteiger partial charge in [0.25, 0.3) is 0 Å². The van der Waals surface area contributed by atoms with Gasteiger partial charge >= 0.3 is 18.3 Å². The lowest BCUT2D eigenvalue weighted by atomic mass is 10.0. The van der Waals surface area contributed by atoms with Crippen molar-refractivity contribution < 1.29 is 44.7 Å². The number of aliphatic carboxylic acids is 1. The normalized spacial score (nSPS) is 12.0. The number of amidine groups is 1. The number of rotatable bonds is 5. The van der Waals surface area contributed by atoms with E-state index >= 15 is 0 Å². The van der Waals surface area contributed by atoms with Crippen LogP contribution in [0.2, 0.25) is 0 Å². The van der Waals surface area contributed by atoms with E-state index in [0.29, 0.717) is 14.6 Å². The number of benzene rings is 2. The minimum Gasteiger partial charge on any atom is -0.475 e. The van der Waals surface area contributed by atoms with Crippen molar-refractivity contribution in [1.29, 1.82) is 5.41 Å². The molecule has 2 aromatic carbocycles. The maximum atomic E-state index is 13.2. The molecule has 0 saturated carbocycles. The van der Waals surface area contributed by atoms with Gasteiger partial charge in [0.2, 0.25) is 9.84 Å². The zero-order chi connectivity index (χ0) is 27.5. The molecule has 194 valence electrons. The topological polar surface area (TPSA) is 121 Å². The van der Waals surface area contributed by atoms with Crippen molar-refractivity contribution >= 4 is 44.7 Å². The van der Waals surface area contributed by atoms with Crippen molar-refractivity contribution in [1.82, 2.24) is 0 Å². The molecular weight excluding hydrogens is 554 g/mol. The highest BCUT2D eigenvalue weighted by atomic mass is 32.2. The van der Waals surface area contributed by atoms with Gasteiger partial charge in [-0.1, -0.05) is 24.3 Å². The average molecular weight is 571 g/mol. The van der Waals surface area contributed by atoms with Crippen LogP contribution in [0, 0.1) is 5.41 Å². The number of alkyl halides is 6. The van der Waals surface area contributed by atoms with Crippen LogP contribution < -0.4 is 5.73 Å². The fourth-order valence-electron chi connectivity index (χ4n) is 2.66. The van der Waals surface area contributed by atoms with Crippen molar-refractivity contribution in [3.63, 3.8) is 0 Å². The summed E-state index contributed by atoms with van der Waals surface area (Å²) in [7, 11) is -3.95. The van der Waals surface area contributed by atoms with E-state index in [9.17, 15) is 34.8 Å². The molecule has 0 fully saturated rings. The zero-order valence-electron chi connectivity index (χ0n) is 17.9. The van der Waals surface area contributed by atoms with Crippen molar-refractivity contribution in [2.24, 2.45) is 5.73 Å². The van der Waals surface area contributed by atoms with Crippen molar-refractivity contribution in [3.8, 4) is 11.1 Å². The third kappa shape index (κ3) is 7.01. The molecule has 3 rings (SSSR count). The molecule has 1 heterocycles. The summed E-state index contributed by atoms with van der Waals surface area (Å²) < 4.78 is 97.5.